The molecule has 9 heteroatoms. The summed E-state index contributed by atoms with van der Waals surface area (Å²) >= 11 is 3.18. The zero-order valence-corrected chi connectivity index (χ0v) is 20.5. The molecule has 4 aromatic rings. The van der Waals surface area contributed by atoms with Gasteiger partial charge in [-0.1, -0.05) is 35.5 Å². The average Bonchev–Trinajstić information content (AvgIpc) is 3.23. The van der Waals surface area contributed by atoms with Crippen LogP contribution in [0.25, 0.3) is 5.69 Å². The molecule has 1 aliphatic rings. The third-order valence-electron chi connectivity index (χ3n) is 5.73. The maximum absolute atomic E-state index is 12.8. The Balaban J connectivity index is 1.27. The number of rotatable bonds is 8. The molecule has 1 saturated carbocycles. The molecule has 1 N–H and O–H groups in total. The molecule has 7 nitrogen and oxygen atoms in total. The number of thioether (sulfide) groups is 1. The third-order valence-corrected chi connectivity index (χ3v) is 7.55. The highest BCUT2D eigenvalue weighted by molar-refractivity contribution is 7.99. The van der Waals surface area contributed by atoms with Gasteiger partial charge < -0.3 is 9.88 Å². The number of carbonyl (C=O) groups is 1. The summed E-state index contributed by atoms with van der Waals surface area (Å²) in [6.45, 7) is 5.95. The molecular weight excluding hydrogens is 452 g/mol. The van der Waals surface area contributed by atoms with Crippen molar-refractivity contribution in [3.05, 3.63) is 69.4 Å². The zero-order valence-electron chi connectivity index (χ0n) is 18.9. The topological polar surface area (TPSA) is 77.6 Å². The average molecular weight is 479 g/mol. The summed E-state index contributed by atoms with van der Waals surface area (Å²) in [5, 5.41) is 19.4. The smallest absolute Gasteiger partial charge is 0.234 e. The Morgan fingerprint density at radius 1 is 1.15 bits per heavy atom. The Kier molecular flexibility index (Phi) is 6.07. The van der Waals surface area contributed by atoms with Crippen LogP contribution < -0.4 is 5.32 Å². The number of hydrogen-bond donors (Lipinski definition) is 1. The quantitative estimate of drug-likeness (QED) is 0.356. The lowest BCUT2D eigenvalue weighted by Crippen LogP contribution is -2.16. The van der Waals surface area contributed by atoms with Crippen molar-refractivity contribution >= 4 is 34.7 Å². The van der Waals surface area contributed by atoms with Gasteiger partial charge in [-0.3, -0.25) is 4.79 Å². The van der Waals surface area contributed by atoms with Crippen molar-refractivity contribution < 1.29 is 4.79 Å². The number of hydrogen-bond acceptors (Lipinski definition) is 6. The molecule has 0 unspecified atom stereocenters. The lowest BCUT2D eigenvalue weighted by atomic mass is 10.2. The van der Waals surface area contributed by atoms with E-state index in [1.165, 1.54) is 22.2 Å². The molecule has 5 rings (SSSR count). The van der Waals surface area contributed by atoms with E-state index in [2.05, 4.69) is 61.7 Å². The molecule has 0 radical (unpaired) electrons. The van der Waals surface area contributed by atoms with Crippen LogP contribution in [0.5, 0.6) is 0 Å². The summed E-state index contributed by atoms with van der Waals surface area (Å²) in [4.78, 5) is 14.1. The third kappa shape index (κ3) is 4.74. The monoisotopic (exact) mass is 478 g/mol. The Morgan fingerprint density at radius 2 is 1.94 bits per heavy atom. The maximum Gasteiger partial charge on any atom is 0.234 e. The van der Waals surface area contributed by atoms with Crippen molar-refractivity contribution in [2.45, 2.75) is 51.2 Å². The Hall–Kier alpha value is -2.91. The molecule has 0 atom stereocenters. The van der Waals surface area contributed by atoms with Gasteiger partial charge in [-0.25, -0.2) is 4.68 Å². The van der Waals surface area contributed by atoms with E-state index in [4.69, 9.17) is 0 Å². The number of carbonyl (C=O) groups excluding carboxylic acids is 1. The summed E-state index contributed by atoms with van der Waals surface area (Å²) < 4.78 is 4.10. The molecule has 170 valence electrons. The number of thiophene rings is 1. The molecule has 0 bridgehead atoms. The van der Waals surface area contributed by atoms with Crippen LogP contribution in [0.3, 0.4) is 0 Å². The highest BCUT2D eigenvalue weighted by Crippen LogP contribution is 2.39. The van der Waals surface area contributed by atoms with Crippen LogP contribution in [0.2, 0.25) is 0 Å². The highest BCUT2D eigenvalue weighted by atomic mass is 32.2. The second-order valence-corrected chi connectivity index (χ2v) is 10.4. The number of anilines is 1. The maximum atomic E-state index is 12.8. The minimum atomic E-state index is -0.0696. The largest absolute Gasteiger partial charge is 0.322 e. The van der Waals surface area contributed by atoms with Gasteiger partial charge in [0.1, 0.15) is 5.82 Å². The van der Waals surface area contributed by atoms with Gasteiger partial charge in [-0.05, 0) is 57.2 Å². The second kappa shape index (κ2) is 9.15. The molecule has 0 spiro atoms. The van der Waals surface area contributed by atoms with E-state index < -0.39 is 0 Å². The number of nitrogens with one attached hydrogen (secondary N) is 1. The number of aryl methyl sites for hydroxylation is 2. The predicted molar refractivity (Wildman–Crippen MR) is 133 cm³/mol. The first-order valence-electron chi connectivity index (χ1n) is 11.0. The first-order valence-corrected chi connectivity index (χ1v) is 12.9. The second-order valence-electron chi connectivity index (χ2n) is 8.39. The summed E-state index contributed by atoms with van der Waals surface area (Å²) in [5.41, 5.74) is 4.65. The summed E-state index contributed by atoms with van der Waals surface area (Å²) in [7, 11) is 0. The van der Waals surface area contributed by atoms with Crippen molar-refractivity contribution in [3.8, 4) is 5.69 Å². The normalized spacial score (nSPS) is 13.4. The Bertz CT molecular complexity index is 1270. The first kappa shape index (κ1) is 21.9. The van der Waals surface area contributed by atoms with Crippen LogP contribution >= 0.6 is 23.1 Å². The van der Waals surface area contributed by atoms with Gasteiger partial charge >= 0.3 is 0 Å². The van der Waals surface area contributed by atoms with Gasteiger partial charge in [0.15, 0.2) is 5.16 Å². The fraction of sp³-hybridized carbons (Fsp3) is 0.333. The molecule has 1 aliphatic carbocycles. The van der Waals surface area contributed by atoms with Crippen molar-refractivity contribution in [1.29, 1.82) is 0 Å². The van der Waals surface area contributed by atoms with Crippen molar-refractivity contribution in [3.63, 3.8) is 0 Å². The lowest BCUT2D eigenvalue weighted by Gasteiger charge is -2.09. The molecule has 3 heterocycles. The SMILES string of the molecule is Cc1ccc(-n2nc(C)c(NC(=O)CSc3nnc(Cc4cccs4)n3C3CC3)c2C)cc1. The Morgan fingerprint density at radius 3 is 2.64 bits per heavy atom. The van der Waals surface area contributed by atoms with Crippen LogP contribution in [-0.2, 0) is 11.2 Å². The number of aromatic nitrogens is 5. The first-order chi connectivity index (χ1) is 16.0. The number of benzene rings is 1. The molecule has 33 heavy (non-hydrogen) atoms. The summed E-state index contributed by atoms with van der Waals surface area (Å²) in [5.74, 6) is 1.19. The van der Waals surface area contributed by atoms with Crippen LogP contribution in [-0.4, -0.2) is 36.2 Å². The van der Waals surface area contributed by atoms with E-state index in [0.717, 1.165) is 53.0 Å². The van der Waals surface area contributed by atoms with E-state index in [-0.39, 0.29) is 11.7 Å². The zero-order chi connectivity index (χ0) is 22.9. The van der Waals surface area contributed by atoms with E-state index in [9.17, 15) is 4.79 Å². The molecular formula is C24H26N6OS2. The molecule has 1 aromatic carbocycles. The van der Waals surface area contributed by atoms with Gasteiger partial charge in [0, 0.05) is 17.3 Å². The van der Waals surface area contributed by atoms with Crippen molar-refractivity contribution in [2.24, 2.45) is 0 Å². The van der Waals surface area contributed by atoms with Crippen molar-refractivity contribution in [1.82, 2.24) is 24.5 Å². The standard InChI is InChI=1S/C24H26N6OS2/c1-15-6-8-19(9-7-15)30-17(3)23(16(2)28-30)25-22(31)14-33-24-27-26-21(29(24)18-10-11-18)13-20-5-4-12-32-20/h4-9,12,18H,10-11,13-14H2,1-3H3,(H,25,31). The predicted octanol–water partition coefficient (Wildman–Crippen LogP) is 5.11. The van der Waals surface area contributed by atoms with E-state index >= 15 is 0 Å². The van der Waals surface area contributed by atoms with E-state index in [1.807, 2.05) is 30.7 Å². The van der Waals surface area contributed by atoms with Gasteiger partial charge in [-0.15, -0.1) is 21.5 Å². The number of amides is 1. The van der Waals surface area contributed by atoms with Gasteiger partial charge in [0.05, 0.1) is 28.5 Å². The van der Waals surface area contributed by atoms with Crippen LogP contribution in [0, 0.1) is 20.8 Å². The lowest BCUT2D eigenvalue weighted by molar-refractivity contribution is -0.113. The molecule has 0 aliphatic heterocycles. The minimum absolute atomic E-state index is 0.0696. The molecule has 0 saturated heterocycles. The number of nitrogens with zero attached hydrogens (tertiary/aromatic N) is 5. The van der Waals surface area contributed by atoms with Crippen LogP contribution in [0.15, 0.2) is 46.9 Å². The minimum Gasteiger partial charge on any atom is -0.322 e. The Labute approximate surface area is 201 Å². The highest BCUT2D eigenvalue weighted by Gasteiger charge is 2.30. The van der Waals surface area contributed by atoms with Crippen LogP contribution in [0.4, 0.5) is 5.69 Å². The van der Waals surface area contributed by atoms with Gasteiger partial charge in [0.2, 0.25) is 5.91 Å². The summed E-state index contributed by atoms with van der Waals surface area (Å²) in [6.07, 6.45) is 3.07. The molecule has 3 aromatic heterocycles. The summed E-state index contributed by atoms with van der Waals surface area (Å²) in [6, 6.07) is 12.8. The van der Waals surface area contributed by atoms with Crippen LogP contribution in [0.1, 0.15) is 46.5 Å². The van der Waals surface area contributed by atoms with E-state index in [1.54, 1.807) is 11.3 Å². The molecule has 1 amide bonds. The van der Waals surface area contributed by atoms with E-state index in [0.29, 0.717) is 6.04 Å². The fourth-order valence-corrected chi connectivity index (χ4v) is 5.39. The van der Waals surface area contributed by atoms with Gasteiger partial charge in [-0.2, -0.15) is 5.10 Å². The molecule has 1 fully saturated rings. The van der Waals surface area contributed by atoms with Crippen molar-refractivity contribution in [2.75, 3.05) is 11.1 Å². The fourth-order valence-electron chi connectivity index (χ4n) is 3.86. The van der Waals surface area contributed by atoms with Gasteiger partial charge in [0.25, 0.3) is 0 Å².